The number of pyridine rings is 1. The number of benzene rings is 2. The number of rotatable bonds is 8. The molecule has 29 heavy (non-hydrogen) atoms. The van der Waals surface area contributed by atoms with Gasteiger partial charge in [0.1, 0.15) is 11.4 Å². The highest BCUT2D eigenvalue weighted by molar-refractivity contribution is 5.93. The standard InChI is InChI=1S/C24H27N3O2/c1-17(2)19-7-9-20(10-8-19)27-21-12-14-25-23(16-21)24(28)26-13-11-18-5-4-6-22(15-18)29-3/h4-10,12,14-17H,11,13H2,1-3H3,(H,25,27)(H,26,28). The van der Waals surface area contributed by atoms with Crippen molar-refractivity contribution >= 4 is 17.3 Å². The van der Waals surface area contributed by atoms with Crippen LogP contribution in [0.25, 0.3) is 0 Å². The summed E-state index contributed by atoms with van der Waals surface area (Å²) < 4.78 is 5.23. The molecule has 0 radical (unpaired) electrons. The number of ether oxygens (including phenoxy) is 1. The van der Waals surface area contributed by atoms with Gasteiger partial charge < -0.3 is 15.4 Å². The number of carbonyl (C=O) groups is 1. The number of nitrogens with one attached hydrogen (secondary N) is 2. The number of aromatic nitrogens is 1. The minimum absolute atomic E-state index is 0.188. The van der Waals surface area contributed by atoms with Crippen LogP contribution >= 0.6 is 0 Å². The van der Waals surface area contributed by atoms with E-state index < -0.39 is 0 Å². The molecule has 2 N–H and O–H groups in total. The van der Waals surface area contributed by atoms with Gasteiger partial charge in [0.05, 0.1) is 7.11 Å². The van der Waals surface area contributed by atoms with Crippen LogP contribution in [0.5, 0.6) is 5.75 Å². The van der Waals surface area contributed by atoms with E-state index in [-0.39, 0.29) is 5.91 Å². The van der Waals surface area contributed by atoms with Crippen molar-refractivity contribution in [1.82, 2.24) is 10.3 Å². The van der Waals surface area contributed by atoms with Gasteiger partial charge in [-0.25, -0.2) is 0 Å². The van der Waals surface area contributed by atoms with E-state index in [4.69, 9.17) is 4.74 Å². The van der Waals surface area contributed by atoms with Crippen molar-refractivity contribution in [2.45, 2.75) is 26.2 Å². The van der Waals surface area contributed by atoms with Gasteiger partial charge in [-0.05, 0) is 59.9 Å². The summed E-state index contributed by atoms with van der Waals surface area (Å²) in [6.07, 6.45) is 2.37. The summed E-state index contributed by atoms with van der Waals surface area (Å²) >= 11 is 0. The number of amides is 1. The zero-order chi connectivity index (χ0) is 20.6. The fourth-order valence-electron chi connectivity index (χ4n) is 2.99. The summed E-state index contributed by atoms with van der Waals surface area (Å²) in [4.78, 5) is 16.7. The smallest absolute Gasteiger partial charge is 0.269 e. The number of hydrogen-bond donors (Lipinski definition) is 2. The Morgan fingerprint density at radius 2 is 1.83 bits per heavy atom. The number of anilines is 2. The van der Waals surface area contributed by atoms with Crippen LogP contribution in [0.15, 0.2) is 66.9 Å². The van der Waals surface area contributed by atoms with E-state index in [0.29, 0.717) is 18.2 Å². The van der Waals surface area contributed by atoms with Gasteiger partial charge in [0, 0.05) is 24.1 Å². The molecule has 3 rings (SSSR count). The van der Waals surface area contributed by atoms with Crippen LogP contribution in [0.4, 0.5) is 11.4 Å². The predicted octanol–water partition coefficient (Wildman–Crippen LogP) is 4.93. The van der Waals surface area contributed by atoms with Crippen LogP contribution in [-0.4, -0.2) is 24.5 Å². The van der Waals surface area contributed by atoms with E-state index in [1.165, 1.54) is 5.56 Å². The van der Waals surface area contributed by atoms with Crippen LogP contribution in [0.3, 0.4) is 0 Å². The van der Waals surface area contributed by atoms with E-state index in [2.05, 4.69) is 41.6 Å². The molecule has 150 valence electrons. The van der Waals surface area contributed by atoms with Gasteiger partial charge in [-0.3, -0.25) is 9.78 Å². The summed E-state index contributed by atoms with van der Waals surface area (Å²) in [5.41, 5.74) is 4.60. The molecule has 1 aromatic heterocycles. The van der Waals surface area contributed by atoms with Crippen molar-refractivity contribution in [2.75, 3.05) is 19.0 Å². The highest BCUT2D eigenvalue weighted by Crippen LogP contribution is 2.20. The molecule has 0 spiro atoms. The summed E-state index contributed by atoms with van der Waals surface area (Å²) in [6.45, 7) is 4.87. The first-order valence-electron chi connectivity index (χ1n) is 9.79. The third-order valence-corrected chi connectivity index (χ3v) is 4.69. The highest BCUT2D eigenvalue weighted by atomic mass is 16.5. The molecule has 0 unspecified atom stereocenters. The Bertz CT molecular complexity index is 952. The summed E-state index contributed by atoms with van der Waals surface area (Å²) in [5, 5.41) is 6.25. The van der Waals surface area contributed by atoms with Crippen molar-refractivity contribution in [3.8, 4) is 5.75 Å². The Morgan fingerprint density at radius 3 is 2.55 bits per heavy atom. The Morgan fingerprint density at radius 1 is 1.03 bits per heavy atom. The lowest BCUT2D eigenvalue weighted by Crippen LogP contribution is -2.26. The lowest BCUT2D eigenvalue weighted by Gasteiger charge is -2.10. The molecule has 1 heterocycles. The molecule has 0 aliphatic carbocycles. The van der Waals surface area contributed by atoms with E-state index in [0.717, 1.165) is 29.1 Å². The number of carbonyl (C=O) groups excluding carboxylic acids is 1. The molecular weight excluding hydrogens is 362 g/mol. The third-order valence-electron chi connectivity index (χ3n) is 4.69. The zero-order valence-corrected chi connectivity index (χ0v) is 17.1. The molecular formula is C24H27N3O2. The van der Waals surface area contributed by atoms with Gasteiger partial charge in [0.15, 0.2) is 0 Å². The van der Waals surface area contributed by atoms with E-state index in [9.17, 15) is 4.79 Å². The van der Waals surface area contributed by atoms with Gasteiger partial charge in [0.2, 0.25) is 0 Å². The van der Waals surface area contributed by atoms with Crippen LogP contribution in [0.2, 0.25) is 0 Å². The van der Waals surface area contributed by atoms with Crippen molar-refractivity contribution in [2.24, 2.45) is 0 Å². The summed E-state index contributed by atoms with van der Waals surface area (Å²) in [7, 11) is 1.65. The Kier molecular flexibility index (Phi) is 6.85. The molecule has 5 nitrogen and oxygen atoms in total. The lowest BCUT2D eigenvalue weighted by atomic mass is 10.0. The van der Waals surface area contributed by atoms with Crippen LogP contribution in [0, 0.1) is 0 Å². The van der Waals surface area contributed by atoms with Crippen molar-refractivity contribution in [3.05, 3.63) is 83.7 Å². The molecule has 0 fully saturated rings. The maximum Gasteiger partial charge on any atom is 0.269 e. The second kappa shape index (κ2) is 9.73. The zero-order valence-electron chi connectivity index (χ0n) is 17.1. The molecule has 0 bridgehead atoms. The first kappa shape index (κ1) is 20.4. The Hall–Kier alpha value is -3.34. The summed E-state index contributed by atoms with van der Waals surface area (Å²) in [6, 6.07) is 19.8. The van der Waals surface area contributed by atoms with Crippen LogP contribution in [0.1, 0.15) is 41.4 Å². The fourth-order valence-corrected chi connectivity index (χ4v) is 2.99. The topological polar surface area (TPSA) is 63.2 Å². The van der Waals surface area contributed by atoms with Gasteiger partial charge in [-0.2, -0.15) is 0 Å². The summed E-state index contributed by atoms with van der Waals surface area (Å²) in [5.74, 6) is 1.12. The minimum Gasteiger partial charge on any atom is -0.497 e. The molecule has 2 aromatic carbocycles. The number of methoxy groups -OCH3 is 1. The SMILES string of the molecule is COc1cccc(CCNC(=O)c2cc(Nc3ccc(C(C)C)cc3)ccn2)c1. The second-order valence-electron chi connectivity index (χ2n) is 7.19. The quantitative estimate of drug-likeness (QED) is 0.573. The first-order valence-corrected chi connectivity index (χ1v) is 9.79. The molecule has 1 amide bonds. The Balaban J connectivity index is 1.57. The molecule has 0 atom stereocenters. The van der Waals surface area contributed by atoms with Crippen molar-refractivity contribution < 1.29 is 9.53 Å². The van der Waals surface area contributed by atoms with Crippen LogP contribution < -0.4 is 15.4 Å². The largest absolute Gasteiger partial charge is 0.497 e. The van der Waals surface area contributed by atoms with Gasteiger partial charge in [0.25, 0.3) is 5.91 Å². The average molecular weight is 389 g/mol. The van der Waals surface area contributed by atoms with E-state index in [1.807, 2.05) is 42.5 Å². The van der Waals surface area contributed by atoms with Crippen molar-refractivity contribution in [3.63, 3.8) is 0 Å². The minimum atomic E-state index is -0.188. The van der Waals surface area contributed by atoms with E-state index in [1.54, 1.807) is 19.4 Å². The molecule has 3 aromatic rings. The highest BCUT2D eigenvalue weighted by Gasteiger charge is 2.08. The van der Waals surface area contributed by atoms with Gasteiger partial charge in [-0.1, -0.05) is 38.1 Å². The first-order chi connectivity index (χ1) is 14.0. The maximum absolute atomic E-state index is 12.5. The third kappa shape index (κ3) is 5.82. The lowest BCUT2D eigenvalue weighted by molar-refractivity contribution is 0.0949. The fraction of sp³-hybridized carbons (Fsp3) is 0.250. The molecule has 0 saturated heterocycles. The monoisotopic (exact) mass is 389 g/mol. The molecule has 0 saturated carbocycles. The van der Waals surface area contributed by atoms with Gasteiger partial charge in [-0.15, -0.1) is 0 Å². The van der Waals surface area contributed by atoms with E-state index >= 15 is 0 Å². The molecule has 5 heteroatoms. The Labute approximate surface area is 172 Å². The van der Waals surface area contributed by atoms with Crippen LogP contribution in [-0.2, 0) is 6.42 Å². The normalized spacial score (nSPS) is 10.6. The molecule has 0 aliphatic heterocycles. The van der Waals surface area contributed by atoms with Gasteiger partial charge >= 0.3 is 0 Å². The maximum atomic E-state index is 12.5. The average Bonchev–Trinajstić information content (AvgIpc) is 2.74. The molecule has 0 aliphatic rings. The van der Waals surface area contributed by atoms with Crippen molar-refractivity contribution in [1.29, 1.82) is 0 Å². The second-order valence-corrected chi connectivity index (χ2v) is 7.19. The predicted molar refractivity (Wildman–Crippen MR) is 117 cm³/mol. The number of nitrogens with zero attached hydrogens (tertiary/aromatic N) is 1. The number of hydrogen-bond acceptors (Lipinski definition) is 4.